The summed E-state index contributed by atoms with van der Waals surface area (Å²) in [6.07, 6.45) is -5.22. The predicted octanol–water partition coefficient (Wildman–Crippen LogP) is 2.66. The van der Waals surface area contributed by atoms with Crippen LogP contribution in [0.25, 0.3) is 0 Å². The van der Waals surface area contributed by atoms with Crippen molar-refractivity contribution in [3.05, 3.63) is 29.6 Å². The zero-order valence-electron chi connectivity index (χ0n) is 11.0. The van der Waals surface area contributed by atoms with Gasteiger partial charge in [0, 0.05) is 0 Å². The minimum Gasteiger partial charge on any atom is -0.479 e. The average Bonchev–Trinajstić information content (AvgIpc) is 2.31. The molecule has 0 spiro atoms. The van der Waals surface area contributed by atoms with E-state index in [9.17, 15) is 27.2 Å². The standard InChI is InChI=1S/C12H12F4N2O3/c1-6-3-4-8(7(13)5-6)17-10(21)18-11(2,9(19)20)12(14,15)16/h3-5H,1-2H3,(H,19,20)(H2,17,18,21). The van der Waals surface area contributed by atoms with Crippen molar-refractivity contribution in [3.8, 4) is 0 Å². The summed E-state index contributed by atoms with van der Waals surface area (Å²) in [6.45, 7) is 1.87. The third kappa shape index (κ3) is 3.61. The van der Waals surface area contributed by atoms with Crippen LogP contribution >= 0.6 is 0 Å². The Kier molecular flexibility index (Phi) is 4.45. The van der Waals surface area contributed by atoms with Crippen molar-refractivity contribution in [2.45, 2.75) is 25.6 Å². The summed E-state index contributed by atoms with van der Waals surface area (Å²) in [6, 6.07) is 2.16. The molecular formula is C12H12F4N2O3. The Balaban J connectivity index is 2.92. The Labute approximate surface area is 117 Å². The second kappa shape index (κ2) is 5.58. The first kappa shape index (κ1) is 16.7. The van der Waals surface area contributed by atoms with Crippen LogP contribution in [0.1, 0.15) is 12.5 Å². The van der Waals surface area contributed by atoms with Crippen molar-refractivity contribution in [1.29, 1.82) is 0 Å². The van der Waals surface area contributed by atoms with Crippen LogP contribution in [0, 0.1) is 12.7 Å². The van der Waals surface area contributed by atoms with Crippen molar-refractivity contribution in [2.75, 3.05) is 5.32 Å². The van der Waals surface area contributed by atoms with E-state index in [1.54, 1.807) is 6.92 Å². The van der Waals surface area contributed by atoms with E-state index in [1.807, 2.05) is 5.32 Å². The van der Waals surface area contributed by atoms with Crippen LogP contribution < -0.4 is 10.6 Å². The molecule has 0 aliphatic carbocycles. The maximum atomic E-state index is 13.5. The molecule has 9 heteroatoms. The molecule has 116 valence electrons. The number of anilines is 1. The highest BCUT2D eigenvalue weighted by Crippen LogP contribution is 2.30. The molecule has 0 heterocycles. The lowest BCUT2D eigenvalue weighted by molar-refractivity contribution is -0.203. The molecule has 1 unspecified atom stereocenters. The summed E-state index contributed by atoms with van der Waals surface area (Å²) in [5, 5.41) is 11.8. The largest absolute Gasteiger partial charge is 0.479 e. The fraction of sp³-hybridized carbons (Fsp3) is 0.333. The van der Waals surface area contributed by atoms with Gasteiger partial charge in [0.1, 0.15) is 5.82 Å². The third-order valence-corrected chi connectivity index (χ3v) is 2.73. The van der Waals surface area contributed by atoms with E-state index < -0.39 is 29.5 Å². The lowest BCUT2D eigenvalue weighted by Gasteiger charge is -2.28. The molecule has 0 radical (unpaired) electrons. The van der Waals surface area contributed by atoms with Gasteiger partial charge in [-0.15, -0.1) is 0 Å². The highest BCUT2D eigenvalue weighted by atomic mass is 19.4. The third-order valence-electron chi connectivity index (χ3n) is 2.73. The number of aryl methyl sites for hydroxylation is 1. The number of carbonyl (C=O) groups is 2. The van der Waals surface area contributed by atoms with Crippen LogP contribution in [0.2, 0.25) is 0 Å². The number of hydrogen-bond donors (Lipinski definition) is 3. The molecule has 21 heavy (non-hydrogen) atoms. The molecule has 0 aromatic heterocycles. The van der Waals surface area contributed by atoms with Crippen LogP contribution in [-0.2, 0) is 4.79 Å². The number of carboxylic acid groups (broad SMARTS) is 1. The van der Waals surface area contributed by atoms with Crippen molar-refractivity contribution in [3.63, 3.8) is 0 Å². The van der Waals surface area contributed by atoms with Crippen LogP contribution in [0.5, 0.6) is 0 Å². The van der Waals surface area contributed by atoms with Crippen molar-refractivity contribution in [1.82, 2.24) is 5.32 Å². The second-order valence-electron chi connectivity index (χ2n) is 4.49. The maximum absolute atomic E-state index is 13.5. The summed E-state index contributed by atoms with van der Waals surface area (Å²) >= 11 is 0. The Morgan fingerprint density at radius 2 is 1.81 bits per heavy atom. The van der Waals surface area contributed by atoms with Crippen molar-refractivity contribution < 1.29 is 32.3 Å². The molecule has 1 rings (SSSR count). The van der Waals surface area contributed by atoms with E-state index in [4.69, 9.17) is 5.11 Å². The molecule has 3 N–H and O–H groups in total. The van der Waals surface area contributed by atoms with Gasteiger partial charge >= 0.3 is 18.2 Å². The van der Waals surface area contributed by atoms with Gasteiger partial charge in [0.2, 0.25) is 5.54 Å². The first-order valence-corrected chi connectivity index (χ1v) is 5.63. The number of nitrogens with one attached hydrogen (secondary N) is 2. The summed E-state index contributed by atoms with van der Waals surface area (Å²) in [5.74, 6) is -3.14. The monoisotopic (exact) mass is 308 g/mol. The van der Waals surface area contributed by atoms with E-state index in [1.165, 1.54) is 11.4 Å². The zero-order valence-corrected chi connectivity index (χ0v) is 11.0. The Bertz CT molecular complexity index is 574. The maximum Gasteiger partial charge on any atom is 0.422 e. The molecule has 1 aromatic rings. The number of hydrogen-bond acceptors (Lipinski definition) is 2. The number of amides is 2. The topological polar surface area (TPSA) is 78.4 Å². The molecular weight excluding hydrogens is 296 g/mol. The fourth-order valence-electron chi connectivity index (χ4n) is 1.35. The number of rotatable bonds is 3. The van der Waals surface area contributed by atoms with Gasteiger partial charge in [-0.1, -0.05) is 6.07 Å². The van der Waals surface area contributed by atoms with Gasteiger partial charge in [-0.05, 0) is 31.5 Å². The fourth-order valence-corrected chi connectivity index (χ4v) is 1.35. The van der Waals surface area contributed by atoms with E-state index in [2.05, 4.69) is 0 Å². The van der Waals surface area contributed by atoms with Gasteiger partial charge in [-0.2, -0.15) is 13.2 Å². The summed E-state index contributed by atoms with van der Waals surface area (Å²) in [5.41, 5.74) is -3.31. The Morgan fingerprint density at radius 1 is 1.24 bits per heavy atom. The molecule has 0 saturated carbocycles. The molecule has 0 saturated heterocycles. The quantitative estimate of drug-likeness (QED) is 0.751. The summed E-state index contributed by atoms with van der Waals surface area (Å²) < 4.78 is 51.5. The van der Waals surface area contributed by atoms with Gasteiger partial charge in [0.05, 0.1) is 5.69 Å². The molecule has 0 bridgehead atoms. The van der Waals surface area contributed by atoms with Crippen molar-refractivity contribution in [2.24, 2.45) is 0 Å². The predicted molar refractivity (Wildman–Crippen MR) is 65.4 cm³/mol. The first-order valence-electron chi connectivity index (χ1n) is 5.63. The number of carbonyl (C=O) groups excluding carboxylic acids is 1. The number of alkyl halides is 3. The smallest absolute Gasteiger partial charge is 0.422 e. The molecule has 0 aliphatic heterocycles. The van der Waals surface area contributed by atoms with E-state index in [0.717, 1.165) is 12.1 Å². The zero-order chi connectivity index (χ0) is 16.4. The minimum atomic E-state index is -5.22. The summed E-state index contributed by atoms with van der Waals surface area (Å²) in [4.78, 5) is 22.2. The van der Waals surface area contributed by atoms with E-state index in [0.29, 0.717) is 12.5 Å². The molecule has 2 amide bonds. The minimum absolute atomic E-state index is 0.292. The molecule has 5 nitrogen and oxygen atoms in total. The number of urea groups is 1. The van der Waals surface area contributed by atoms with Gasteiger partial charge in [0.15, 0.2) is 0 Å². The van der Waals surface area contributed by atoms with E-state index >= 15 is 0 Å². The van der Waals surface area contributed by atoms with Crippen LogP contribution in [-0.4, -0.2) is 28.8 Å². The highest BCUT2D eigenvalue weighted by Gasteiger charge is 2.58. The van der Waals surface area contributed by atoms with Crippen LogP contribution in [0.4, 0.5) is 28.0 Å². The second-order valence-corrected chi connectivity index (χ2v) is 4.49. The van der Waals surface area contributed by atoms with Crippen LogP contribution in [0.3, 0.4) is 0 Å². The lowest BCUT2D eigenvalue weighted by Crippen LogP contribution is -2.62. The molecule has 0 aliphatic rings. The highest BCUT2D eigenvalue weighted by molar-refractivity contribution is 5.94. The molecule has 1 aromatic carbocycles. The molecule has 1 atom stereocenters. The Hall–Kier alpha value is -2.32. The number of halogens is 4. The number of carboxylic acids is 1. The van der Waals surface area contributed by atoms with Crippen molar-refractivity contribution >= 4 is 17.7 Å². The first-order chi connectivity index (χ1) is 9.47. The number of benzene rings is 1. The Morgan fingerprint density at radius 3 is 2.24 bits per heavy atom. The lowest BCUT2D eigenvalue weighted by atomic mass is 10.0. The van der Waals surface area contributed by atoms with Gasteiger partial charge in [-0.25, -0.2) is 14.0 Å². The van der Waals surface area contributed by atoms with E-state index in [-0.39, 0.29) is 5.69 Å². The van der Waals surface area contributed by atoms with Gasteiger partial charge in [-0.3, -0.25) is 0 Å². The SMILES string of the molecule is Cc1ccc(NC(=O)NC(C)(C(=O)O)C(F)(F)F)c(F)c1. The van der Waals surface area contributed by atoms with Crippen LogP contribution in [0.15, 0.2) is 18.2 Å². The average molecular weight is 308 g/mol. The van der Waals surface area contributed by atoms with Gasteiger partial charge in [0.25, 0.3) is 0 Å². The summed E-state index contributed by atoms with van der Waals surface area (Å²) in [7, 11) is 0. The molecule has 0 fully saturated rings. The van der Waals surface area contributed by atoms with Gasteiger partial charge < -0.3 is 15.7 Å². The number of aliphatic carboxylic acids is 1. The normalized spacial score (nSPS) is 14.2.